The van der Waals surface area contributed by atoms with Crippen LogP contribution >= 0.6 is 0 Å². The Kier molecular flexibility index (Phi) is 4.85. The third kappa shape index (κ3) is 3.50. The van der Waals surface area contributed by atoms with Crippen LogP contribution in [0.25, 0.3) is 11.1 Å². The van der Waals surface area contributed by atoms with Crippen molar-refractivity contribution in [2.45, 2.75) is 11.8 Å². The molecule has 0 aliphatic carbocycles. The van der Waals surface area contributed by atoms with Crippen molar-refractivity contribution in [3.8, 4) is 22.6 Å². The summed E-state index contributed by atoms with van der Waals surface area (Å²) in [6, 6.07) is 11.7. The first-order valence-corrected chi connectivity index (χ1v) is 9.19. The predicted octanol–water partition coefficient (Wildman–Crippen LogP) is 3.47. The average Bonchev–Trinajstić information content (AvgIpc) is 3.08. The van der Waals surface area contributed by atoms with Gasteiger partial charge in [-0.05, 0) is 36.8 Å². The van der Waals surface area contributed by atoms with Gasteiger partial charge in [0.05, 0.1) is 30.9 Å². The molecule has 1 heterocycles. The number of anilines is 1. The van der Waals surface area contributed by atoms with E-state index in [-0.39, 0.29) is 10.8 Å². The fourth-order valence-corrected chi connectivity index (χ4v) is 3.42. The van der Waals surface area contributed by atoms with E-state index in [0.717, 1.165) is 5.56 Å². The van der Waals surface area contributed by atoms with Crippen LogP contribution in [-0.4, -0.2) is 27.8 Å². The van der Waals surface area contributed by atoms with Gasteiger partial charge in [0.15, 0.2) is 11.5 Å². The maximum atomic E-state index is 12.6. The highest BCUT2D eigenvalue weighted by Gasteiger charge is 2.20. The van der Waals surface area contributed by atoms with Gasteiger partial charge in [-0.3, -0.25) is 0 Å². The van der Waals surface area contributed by atoms with Gasteiger partial charge in [0.25, 0.3) is 10.0 Å². The van der Waals surface area contributed by atoms with E-state index in [1.165, 1.54) is 32.5 Å². The van der Waals surface area contributed by atoms with Gasteiger partial charge in [-0.15, -0.1) is 0 Å². The van der Waals surface area contributed by atoms with Crippen LogP contribution < -0.4 is 14.2 Å². The van der Waals surface area contributed by atoms with Gasteiger partial charge >= 0.3 is 0 Å². The minimum Gasteiger partial charge on any atom is -0.493 e. The van der Waals surface area contributed by atoms with Gasteiger partial charge in [0.2, 0.25) is 5.88 Å². The van der Waals surface area contributed by atoms with E-state index in [1.807, 2.05) is 6.92 Å². The zero-order chi connectivity index (χ0) is 18.7. The van der Waals surface area contributed by atoms with E-state index in [0.29, 0.717) is 22.6 Å². The highest BCUT2D eigenvalue weighted by atomic mass is 32.2. The van der Waals surface area contributed by atoms with Crippen molar-refractivity contribution < 1.29 is 22.4 Å². The average molecular weight is 374 g/mol. The van der Waals surface area contributed by atoms with Crippen LogP contribution in [0.1, 0.15) is 5.56 Å². The van der Waals surface area contributed by atoms with E-state index in [9.17, 15) is 8.42 Å². The molecule has 1 N–H and O–H groups in total. The number of sulfonamides is 1. The van der Waals surface area contributed by atoms with Gasteiger partial charge in [-0.25, -0.2) is 13.1 Å². The maximum Gasteiger partial charge on any atom is 0.264 e. The second-order valence-corrected chi connectivity index (χ2v) is 7.24. The van der Waals surface area contributed by atoms with E-state index >= 15 is 0 Å². The van der Waals surface area contributed by atoms with Crippen LogP contribution in [0.2, 0.25) is 0 Å². The highest BCUT2D eigenvalue weighted by Crippen LogP contribution is 2.36. The van der Waals surface area contributed by atoms with Crippen LogP contribution in [0.15, 0.2) is 58.1 Å². The molecule has 0 bridgehead atoms. The second kappa shape index (κ2) is 7.09. The molecule has 0 fully saturated rings. The van der Waals surface area contributed by atoms with Crippen molar-refractivity contribution >= 4 is 15.9 Å². The highest BCUT2D eigenvalue weighted by molar-refractivity contribution is 7.92. The van der Waals surface area contributed by atoms with Crippen molar-refractivity contribution in [2.75, 3.05) is 18.9 Å². The molecule has 0 radical (unpaired) electrons. The predicted molar refractivity (Wildman–Crippen MR) is 97.0 cm³/mol. The molecule has 0 atom stereocenters. The zero-order valence-corrected chi connectivity index (χ0v) is 15.3. The monoisotopic (exact) mass is 374 g/mol. The summed E-state index contributed by atoms with van der Waals surface area (Å²) < 4.78 is 43.2. The fraction of sp³-hybridized carbons (Fsp3) is 0.167. The molecule has 0 saturated heterocycles. The Hall–Kier alpha value is -3.00. The molecule has 26 heavy (non-hydrogen) atoms. The van der Waals surface area contributed by atoms with Gasteiger partial charge in [0.1, 0.15) is 0 Å². The topological polar surface area (TPSA) is 90.7 Å². The van der Waals surface area contributed by atoms with E-state index in [1.54, 1.807) is 30.3 Å². The summed E-state index contributed by atoms with van der Waals surface area (Å²) in [5.41, 5.74) is 2.13. The second-order valence-electron chi connectivity index (χ2n) is 5.56. The van der Waals surface area contributed by atoms with Gasteiger partial charge < -0.3 is 14.0 Å². The lowest BCUT2D eigenvalue weighted by atomic mass is 10.1. The first kappa shape index (κ1) is 17.8. The van der Waals surface area contributed by atoms with Gasteiger partial charge in [-0.2, -0.15) is 0 Å². The first-order valence-electron chi connectivity index (χ1n) is 7.71. The minimum absolute atomic E-state index is 0.0257. The number of rotatable bonds is 6. The summed E-state index contributed by atoms with van der Waals surface area (Å²) in [5, 5.41) is 3.71. The summed E-state index contributed by atoms with van der Waals surface area (Å²) in [5.74, 6) is 1.10. The number of nitrogens with zero attached hydrogens (tertiary/aromatic N) is 1. The molecule has 1 aromatic heterocycles. The minimum atomic E-state index is -3.80. The maximum absolute atomic E-state index is 12.6. The number of aryl methyl sites for hydroxylation is 1. The number of aromatic nitrogens is 1. The third-order valence-electron chi connectivity index (χ3n) is 3.82. The van der Waals surface area contributed by atoms with Crippen molar-refractivity contribution in [1.82, 2.24) is 5.16 Å². The number of benzene rings is 2. The van der Waals surface area contributed by atoms with Crippen LogP contribution in [-0.2, 0) is 10.0 Å². The lowest BCUT2D eigenvalue weighted by Crippen LogP contribution is -2.13. The van der Waals surface area contributed by atoms with Crippen molar-refractivity contribution in [3.63, 3.8) is 0 Å². The number of hydrogen-bond donors (Lipinski definition) is 1. The van der Waals surface area contributed by atoms with E-state index in [2.05, 4.69) is 9.88 Å². The Balaban J connectivity index is 1.95. The summed E-state index contributed by atoms with van der Waals surface area (Å²) in [6.45, 7) is 1.88. The van der Waals surface area contributed by atoms with Gasteiger partial charge in [0, 0.05) is 0 Å². The van der Waals surface area contributed by atoms with Crippen LogP contribution in [0.5, 0.6) is 11.5 Å². The van der Waals surface area contributed by atoms with E-state index in [4.69, 9.17) is 14.0 Å². The lowest BCUT2D eigenvalue weighted by Gasteiger charge is -2.10. The molecule has 8 heteroatoms. The number of methoxy groups -OCH3 is 2. The lowest BCUT2D eigenvalue weighted by molar-refractivity contribution is 0.355. The molecule has 0 aliphatic heterocycles. The molecular formula is C18H18N2O5S. The molecule has 0 spiro atoms. The summed E-state index contributed by atoms with van der Waals surface area (Å²) in [4.78, 5) is 0.137. The first-order chi connectivity index (χ1) is 12.4. The Labute approximate surface area is 151 Å². The molecule has 0 aliphatic rings. The Morgan fingerprint density at radius 3 is 2.35 bits per heavy atom. The quantitative estimate of drug-likeness (QED) is 0.710. The standard InChI is InChI=1S/C18H18N2O5S/c1-12-4-7-14(8-5-12)26(21,22)20-18-15(11-19-25-18)13-6-9-16(23-2)17(10-13)24-3/h4-11,20H,1-3H3. The Morgan fingerprint density at radius 1 is 1.00 bits per heavy atom. The number of ether oxygens (including phenoxy) is 2. The van der Waals surface area contributed by atoms with Crippen LogP contribution in [0.3, 0.4) is 0 Å². The molecule has 2 aromatic carbocycles. The van der Waals surface area contributed by atoms with Crippen LogP contribution in [0.4, 0.5) is 5.88 Å². The molecule has 0 saturated carbocycles. The SMILES string of the molecule is COc1ccc(-c2cnoc2NS(=O)(=O)c2ccc(C)cc2)cc1OC. The Bertz CT molecular complexity index is 1010. The fourth-order valence-electron chi connectivity index (χ4n) is 2.42. The molecule has 3 rings (SSSR count). The molecule has 3 aromatic rings. The Morgan fingerprint density at radius 2 is 1.69 bits per heavy atom. The van der Waals surface area contributed by atoms with Crippen LogP contribution in [0, 0.1) is 6.92 Å². The number of nitrogens with one attached hydrogen (secondary N) is 1. The smallest absolute Gasteiger partial charge is 0.264 e. The molecule has 136 valence electrons. The summed E-state index contributed by atoms with van der Waals surface area (Å²) >= 11 is 0. The normalized spacial score (nSPS) is 11.2. The summed E-state index contributed by atoms with van der Waals surface area (Å²) in [6.07, 6.45) is 1.44. The van der Waals surface area contributed by atoms with Crippen molar-refractivity contribution in [1.29, 1.82) is 0 Å². The molecule has 7 nitrogen and oxygen atoms in total. The molecular weight excluding hydrogens is 356 g/mol. The van der Waals surface area contributed by atoms with Crippen molar-refractivity contribution in [2.24, 2.45) is 0 Å². The van der Waals surface area contributed by atoms with Gasteiger partial charge in [-0.1, -0.05) is 28.9 Å². The summed E-state index contributed by atoms with van der Waals surface area (Å²) in [7, 11) is -0.735. The van der Waals surface area contributed by atoms with Crippen molar-refractivity contribution in [3.05, 3.63) is 54.2 Å². The molecule has 0 amide bonds. The molecule has 0 unspecified atom stereocenters. The van der Waals surface area contributed by atoms with E-state index < -0.39 is 10.0 Å². The third-order valence-corrected chi connectivity index (χ3v) is 5.17. The largest absolute Gasteiger partial charge is 0.493 e. The zero-order valence-electron chi connectivity index (χ0n) is 14.5. The number of hydrogen-bond acceptors (Lipinski definition) is 6.